The fourth-order valence-corrected chi connectivity index (χ4v) is 2.48. The van der Waals surface area contributed by atoms with Crippen molar-refractivity contribution in [3.8, 4) is 11.5 Å². The Kier molecular flexibility index (Phi) is 7.44. The lowest BCUT2D eigenvalue weighted by atomic mass is 9.84. The van der Waals surface area contributed by atoms with E-state index in [-0.39, 0.29) is 29.4 Å². The lowest BCUT2D eigenvalue weighted by Crippen LogP contribution is -2.38. The molecule has 1 aromatic rings. The number of aliphatic imine (C=N–C) groups is 1. The summed E-state index contributed by atoms with van der Waals surface area (Å²) in [5, 5.41) is 0. The second-order valence-corrected chi connectivity index (χ2v) is 6.09. The predicted molar refractivity (Wildman–Crippen MR) is 105 cm³/mol. The van der Waals surface area contributed by atoms with E-state index in [4.69, 9.17) is 15.2 Å². The number of hydrogen-bond acceptors (Lipinski definition) is 3. The average molecular weight is 433 g/mol. The summed E-state index contributed by atoms with van der Waals surface area (Å²) >= 11 is 0. The van der Waals surface area contributed by atoms with Crippen LogP contribution >= 0.6 is 24.0 Å². The third kappa shape index (κ3) is 4.89. The molecule has 1 aliphatic heterocycles. The summed E-state index contributed by atoms with van der Waals surface area (Å²) in [7, 11) is 0. The van der Waals surface area contributed by atoms with Gasteiger partial charge < -0.3 is 20.1 Å². The maximum atomic E-state index is 6.07. The molecule has 0 saturated carbocycles. The normalized spacial score (nSPS) is 14.2. The fourth-order valence-electron chi connectivity index (χ4n) is 2.48. The molecule has 0 fully saturated rings. The molecule has 5 nitrogen and oxygen atoms in total. The molecular formula is C17H28IN3O2. The SMILES string of the molecule is CCN(CC)C(N)=NCC(C)(C)c1ccc2c(c1)OCCO2.I. The van der Waals surface area contributed by atoms with Gasteiger partial charge in [-0.2, -0.15) is 0 Å². The minimum absolute atomic E-state index is 0. The van der Waals surface area contributed by atoms with Crippen LogP contribution in [0, 0.1) is 0 Å². The highest BCUT2D eigenvalue weighted by atomic mass is 127. The van der Waals surface area contributed by atoms with Crippen molar-refractivity contribution in [1.82, 2.24) is 4.90 Å². The van der Waals surface area contributed by atoms with Crippen molar-refractivity contribution in [3.05, 3.63) is 23.8 Å². The van der Waals surface area contributed by atoms with E-state index in [1.54, 1.807) is 0 Å². The Morgan fingerprint density at radius 2 is 1.78 bits per heavy atom. The van der Waals surface area contributed by atoms with Crippen molar-refractivity contribution in [3.63, 3.8) is 0 Å². The first kappa shape index (κ1) is 19.9. The van der Waals surface area contributed by atoms with Crippen LogP contribution in [-0.4, -0.2) is 43.7 Å². The zero-order chi connectivity index (χ0) is 16.2. The Balaban J connectivity index is 0.00000264. The molecular weight excluding hydrogens is 405 g/mol. The number of guanidine groups is 1. The van der Waals surface area contributed by atoms with Crippen molar-refractivity contribution < 1.29 is 9.47 Å². The van der Waals surface area contributed by atoms with Crippen molar-refractivity contribution in [2.75, 3.05) is 32.8 Å². The van der Waals surface area contributed by atoms with Crippen LogP contribution in [0.1, 0.15) is 33.3 Å². The third-order valence-corrected chi connectivity index (χ3v) is 4.05. The quantitative estimate of drug-likeness (QED) is 0.441. The molecule has 0 bridgehead atoms. The van der Waals surface area contributed by atoms with E-state index in [9.17, 15) is 0 Å². The molecule has 0 saturated heterocycles. The molecule has 0 aromatic heterocycles. The monoisotopic (exact) mass is 433 g/mol. The number of nitrogens with zero attached hydrogens (tertiary/aromatic N) is 2. The first-order valence-electron chi connectivity index (χ1n) is 7.93. The highest BCUT2D eigenvalue weighted by molar-refractivity contribution is 14.0. The van der Waals surface area contributed by atoms with Gasteiger partial charge in [0.05, 0.1) is 6.54 Å². The zero-order valence-corrected chi connectivity index (χ0v) is 16.8. The third-order valence-electron chi connectivity index (χ3n) is 4.05. The van der Waals surface area contributed by atoms with Crippen LogP contribution < -0.4 is 15.2 Å². The van der Waals surface area contributed by atoms with E-state index in [1.165, 1.54) is 5.56 Å². The minimum atomic E-state index is -0.117. The van der Waals surface area contributed by atoms with Gasteiger partial charge in [0, 0.05) is 18.5 Å². The van der Waals surface area contributed by atoms with Crippen molar-refractivity contribution >= 4 is 29.9 Å². The summed E-state index contributed by atoms with van der Waals surface area (Å²) in [5.41, 5.74) is 7.12. The molecule has 0 spiro atoms. The molecule has 0 atom stereocenters. The van der Waals surface area contributed by atoms with E-state index in [0.717, 1.165) is 24.6 Å². The minimum Gasteiger partial charge on any atom is -0.486 e. The zero-order valence-electron chi connectivity index (χ0n) is 14.5. The first-order valence-corrected chi connectivity index (χ1v) is 7.93. The van der Waals surface area contributed by atoms with Crippen LogP contribution in [0.25, 0.3) is 0 Å². The molecule has 6 heteroatoms. The molecule has 0 radical (unpaired) electrons. The molecule has 130 valence electrons. The van der Waals surface area contributed by atoms with Gasteiger partial charge in [0.25, 0.3) is 0 Å². The van der Waals surface area contributed by atoms with E-state index in [2.05, 4.69) is 49.7 Å². The Bertz CT molecular complexity index is 543. The molecule has 2 rings (SSSR count). The predicted octanol–water partition coefficient (Wildman–Crippen LogP) is 3.01. The Morgan fingerprint density at radius 1 is 1.17 bits per heavy atom. The van der Waals surface area contributed by atoms with Crippen LogP contribution in [0.5, 0.6) is 11.5 Å². The van der Waals surface area contributed by atoms with Gasteiger partial charge in [0.15, 0.2) is 17.5 Å². The van der Waals surface area contributed by atoms with Gasteiger partial charge in [-0.15, -0.1) is 24.0 Å². The second-order valence-electron chi connectivity index (χ2n) is 6.09. The summed E-state index contributed by atoms with van der Waals surface area (Å²) in [5.74, 6) is 2.24. The second kappa shape index (κ2) is 8.61. The molecule has 1 aliphatic rings. The summed E-state index contributed by atoms with van der Waals surface area (Å²) in [6.07, 6.45) is 0. The lowest BCUT2D eigenvalue weighted by Gasteiger charge is -2.27. The summed E-state index contributed by atoms with van der Waals surface area (Å²) in [4.78, 5) is 6.63. The maximum Gasteiger partial charge on any atom is 0.191 e. The molecule has 0 unspecified atom stereocenters. The number of hydrogen-bond donors (Lipinski definition) is 1. The van der Waals surface area contributed by atoms with Gasteiger partial charge in [-0.05, 0) is 31.5 Å². The average Bonchev–Trinajstić information content (AvgIpc) is 2.53. The number of fused-ring (bicyclic) bond motifs is 1. The van der Waals surface area contributed by atoms with Crippen LogP contribution in [-0.2, 0) is 5.41 Å². The largest absolute Gasteiger partial charge is 0.486 e. The van der Waals surface area contributed by atoms with Crippen LogP contribution in [0.4, 0.5) is 0 Å². The van der Waals surface area contributed by atoms with E-state index >= 15 is 0 Å². The standard InChI is InChI=1S/C17H27N3O2.HI/c1-5-20(6-2)16(18)19-12-17(3,4)13-7-8-14-15(11-13)22-10-9-21-14;/h7-8,11H,5-6,9-10,12H2,1-4H3,(H2,18,19);1H. The number of rotatable bonds is 5. The number of nitrogens with two attached hydrogens (primary N) is 1. The van der Waals surface area contributed by atoms with Crippen molar-refractivity contribution in [2.24, 2.45) is 10.7 Å². The lowest BCUT2D eigenvalue weighted by molar-refractivity contribution is 0.171. The Morgan fingerprint density at radius 3 is 2.39 bits per heavy atom. The summed E-state index contributed by atoms with van der Waals surface area (Å²) in [6.45, 7) is 12.1. The van der Waals surface area contributed by atoms with Crippen molar-refractivity contribution in [2.45, 2.75) is 33.1 Å². The topological polar surface area (TPSA) is 60.1 Å². The van der Waals surface area contributed by atoms with Crippen LogP contribution in [0.15, 0.2) is 23.2 Å². The fraction of sp³-hybridized carbons (Fsp3) is 0.588. The summed E-state index contributed by atoms with van der Waals surface area (Å²) < 4.78 is 11.2. The van der Waals surface area contributed by atoms with E-state index in [0.29, 0.717) is 25.7 Å². The molecule has 0 aliphatic carbocycles. The molecule has 2 N–H and O–H groups in total. The Labute approximate surface area is 156 Å². The smallest absolute Gasteiger partial charge is 0.191 e. The van der Waals surface area contributed by atoms with E-state index < -0.39 is 0 Å². The van der Waals surface area contributed by atoms with Crippen molar-refractivity contribution in [1.29, 1.82) is 0 Å². The van der Waals surface area contributed by atoms with Gasteiger partial charge in [-0.3, -0.25) is 4.99 Å². The molecule has 0 amide bonds. The molecule has 23 heavy (non-hydrogen) atoms. The van der Waals surface area contributed by atoms with Crippen LogP contribution in [0.2, 0.25) is 0 Å². The van der Waals surface area contributed by atoms with Gasteiger partial charge in [0.2, 0.25) is 0 Å². The highest BCUT2D eigenvalue weighted by Crippen LogP contribution is 2.35. The molecule has 1 heterocycles. The molecule has 1 aromatic carbocycles. The number of benzene rings is 1. The van der Waals surface area contributed by atoms with Gasteiger partial charge in [-0.1, -0.05) is 19.9 Å². The van der Waals surface area contributed by atoms with Gasteiger partial charge >= 0.3 is 0 Å². The summed E-state index contributed by atoms with van der Waals surface area (Å²) in [6, 6.07) is 6.11. The van der Waals surface area contributed by atoms with Gasteiger partial charge in [0.1, 0.15) is 13.2 Å². The number of ether oxygens (including phenoxy) is 2. The maximum absolute atomic E-state index is 6.07. The first-order chi connectivity index (χ1) is 10.5. The van der Waals surface area contributed by atoms with Crippen LogP contribution in [0.3, 0.4) is 0 Å². The van der Waals surface area contributed by atoms with Gasteiger partial charge in [-0.25, -0.2) is 0 Å². The van der Waals surface area contributed by atoms with E-state index in [1.807, 2.05) is 6.07 Å². The number of halogens is 1. The highest BCUT2D eigenvalue weighted by Gasteiger charge is 2.23. The Hall–Kier alpha value is -1.18.